The lowest BCUT2D eigenvalue weighted by atomic mass is 10.1. The van der Waals surface area contributed by atoms with E-state index in [0.29, 0.717) is 18.5 Å². The molecule has 0 bridgehead atoms. The first-order chi connectivity index (χ1) is 9.63. The van der Waals surface area contributed by atoms with Gasteiger partial charge in [0.1, 0.15) is 5.75 Å². The van der Waals surface area contributed by atoms with Crippen molar-refractivity contribution >= 4 is 0 Å². The minimum atomic E-state index is -4.47. The van der Waals surface area contributed by atoms with Crippen molar-refractivity contribution in [3.05, 3.63) is 29.3 Å². The molecule has 0 aliphatic carbocycles. The molecule has 0 radical (unpaired) electrons. The van der Waals surface area contributed by atoms with Crippen LogP contribution in [-0.2, 0) is 12.7 Å². The number of rotatable bonds is 6. The number of benzene rings is 1. The van der Waals surface area contributed by atoms with E-state index in [-0.39, 0.29) is 24.5 Å². The second-order valence-electron chi connectivity index (χ2n) is 5.86. The summed E-state index contributed by atoms with van der Waals surface area (Å²) >= 11 is 0. The Hall–Kier alpha value is -1.27. The molecule has 0 fully saturated rings. The lowest BCUT2D eigenvalue weighted by Gasteiger charge is -2.21. The first-order valence-corrected chi connectivity index (χ1v) is 6.82. The number of halogens is 3. The Morgan fingerprint density at radius 2 is 1.86 bits per heavy atom. The number of nitrogens with one attached hydrogen (secondary N) is 1. The van der Waals surface area contributed by atoms with Gasteiger partial charge in [-0.1, -0.05) is 6.07 Å². The first-order valence-electron chi connectivity index (χ1n) is 6.82. The molecular formula is C15H22F3NO2. The number of hydrogen-bond acceptors (Lipinski definition) is 3. The zero-order valence-corrected chi connectivity index (χ0v) is 12.5. The highest BCUT2D eigenvalue weighted by Crippen LogP contribution is 2.37. The lowest BCUT2D eigenvalue weighted by Crippen LogP contribution is -2.35. The molecule has 1 aromatic carbocycles. The molecular weight excluding hydrogens is 283 g/mol. The monoisotopic (exact) mass is 305 g/mol. The van der Waals surface area contributed by atoms with Crippen LogP contribution in [-0.4, -0.2) is 23.9 Å². The highest BCUT2D eigenvalue weighted by Gasteiger charge is 2.34. The van der Waals surface area contributed by atoms with Crippen LogP contribution < -0.4 is 10.1 Å². The van der Waals surface area contributed by atoms with Gasteiger partial charge in [-0.3, -0.25) is 0 Å². The van der Waals surface area contributed by atoms with Crippen molar-refractivity contribution in [2.24, 2.45) is 0 Å². The molecule has 3 nitrogen and oxygen atoms in total. The van der Waals surface area contributed by atoms with Crippen molar-refractivity contribution in [3.63, 3.8) is 0 Å². The third-order valence-corrected chi connectivity index (χ3v) is 2.73. The van der Waals surface area contributed by atoms with Crippen LogP contribution in [0.25, 0.3) is 0 Å². The maximum atomic E-state index is 13.1. The number of aliphatic hydroxyl groups excluding tert-OH is 1. The van der Waals surface area contributed by atoms with Crippen LogP contribution in [0, 0.1) is 0 Å². The summed E-state index contributed by atoms with van der Waals surface area (Å²) in [5, 5.41) is 11.8. The molecule has 21 heavy (non-hydrogen) atoms. The number of ether oxygens (including phenoxy) is 1. The van der Waals surface area contributed by atoms with Crippen LogP contribution in [0.5, 0.6) is 5.75 Å². The van der Waals surface area contributed by atoms with Crippen molar-refractivity contribution in [1.82, 2.24) is 5.32 Å². The van der Waals surface area contributed by atoms with Crippen LogP contribution in [0.15, 0.2) is 18.2 Å². The van der Waals surface area contributed by atoms with Gasteiger partial charge < -0.3 is 15.2 Å². The van der Waals surface area contributed by atoms with E-state index in [9.17, 15) is 13.2 Å². The van der Waals surface area contributed by atoms with Crippen LogP contribution in [0.1, 0.15) is 38.3 Å². The normalized spacial score (nSPS) is 12.5. The molecule has 0 amide bonds. The van der Waals surface area contributed by atoms with E-state index in [2.05, 4.69) is 5.32 Å². The van der Waals surface area contributed by atoms with Gasteiger partial charge in [-0.05, 0) is 38.5 Å². The van der Waals surface area contributed by atoms with Crippen LogP contribution >= 0.6 is 0 Å². The van der Waals surface area contributed by atoms with Crippen LogP contribution in [0.2, 0.25) is 0 Å². The Morgan fingerprint density at radius 3 is 2.38 bits per heavy atom. The third-order valence-electron chi connectivity index (χ3n) is 2.73. The largest absolute Gasteiger partial charge is 0.493 e. The topological polar surface area (TPSA) is 41.5 Å². The predicted molar refractivity (Wildman–Crippen MR) is 75.2 cm³/mol. The summed E-state index contributed by atoms with van der Waals surface area (Å²) in [5.74, 6) is -0.199. The summed E-state index contributed by atoms with van der Waals surface area (Å²) < 4.78 is 44.3. The quantitative estimate of drug-likeness (QED) is 0.792. The fourth-order valence-electron chi connectivity index (χ4n) is 1.65. The zero-order valence-electron chi connectivity index (χ0n) is 12.5. The maximum absolute atomic E-state index is 13.1. The summed E-state index contributed by atoms with van der Waals surface area (Å²) in [6.45, 7) is 6.13. The molecule has 2 N–H and O–H groups in total. The van der Waals surface area contributed by atoms with E-state index in [1.165, 1.54) is 6.07 Å². The van der Waals surface area contributed by atoms with Crippen LogP contribution in [0.3, 0.4) is 0 Å². The smallest absolute Gasteiger partial charge is 0.419 e. The predicted octanol–water partition coefficient (Wildman–Crippen LogP) is 3.35. The third kappa shape index (κ3) is 6.35. The molecule has 0 aromatic heterocycles. The van der Waals surface area contributed by atoms with Gasteiger partial charge in [0.2, 0.25) is 0 Å². The first kappa shape index (κ1) is 17.8. The Balaban J connectivity index is 2.91. The molecule has 0 aliphatic heterocycles. The fraction of sp³-hybridized carbons (Fsp3) is 0.600. The average Bonchev–Trinajstić information content (AvgIpc) is 2.35. The van der Waals surface area contributed by atoms with E-state index >= 15 is 0 Å². The van der Waals surface area contributed by atoms with Gasteiger partial charge >= 0.3 is 6.18 Å². The molecule has 0 spiro atoms. The second kappa shape index (κ2) is 7.13. The van der Waals surface area contributed by atoms with Gasteiger partial charge in [0, 0.05) is 25.1 Å². The van der Waals surface area contributed by atoms with Crippen molar-refractivity contribution in [2.75, 3.05) is 13.2 Å². The minimum Gasteiger partial charge on any atom is -0.493 e. The SMILES string of the molecule is CC(C)(C)NCc1ccc(OCCCO)c(C(F)(F)F)c1. The number of alkyl halides is 3. The Kier molecular flexibility index (Phi) is 6.04. The molecule has 120 valence electrons. The molecule has 1 aromatic rings. The van der Waals surface area contributed by atoms with Crippen molar-refractivity contribution in [3.8, 4) is 5.75 Å². The summed E-state index contributed by atoms with van der Waals surface area (Å²) in [6.07, 6.45) is -4.17. The van der Waals surface area contributed by atoms with E-state index in [0.717, 1.165) is 6.07 Å². The van der Waals surface area contributed by atoms with E-state index < -0.39 is 11.7 Å². The van der Waals surface area contributed by atoms with Gasteiger partial charge in [-0.15, -0.1) is 0 Å². The molecule has 0 saturated carbocycles. The summed E-state index contributed by atoms with van der Waals surface area (Å²) in [7, 11) is 0. The van der Waals surface area contributed by atoms with Gasteiger partial charge in [-0.25, -0.2) is 0 Å². The summed E-state index contributed by atoms with van der Waals surface area (Å²) in [4.78, 5) is 0. The van der Waals surface area contributed by atoms with Crippen molar-refractivity contribution < 1.29 is 23.0 Å². The molecule has 6 heteroatoms. The van der Waals surface area contributed by atoms with E-state index in [4.69, 9.17) is 9.84 Å². The zero-order chi connectivity index (χ0) is 16.1. The Labute approximate surface area is 123 Å². The highest BCUT2D eigenvalue weighted by atomic mass is 19.4. The molecule has 0 atom stereocenters. The number of aliphatic hydroxyl groups is 1. The second-order valence-corrected chi connectivity index (χ2v) is 5.86. The molecule has 0 heterocycles. The maximum Gasteiger partial charge on any atom is 0.419 e. The molecule has 1 rings (SSSR count). The molecule has 0 unspecified atom stereocenters. The minimum absolute atomic E-state index is 0.0547. The van der Waals surface area contributed by atoms with Gasteiger partial charge in [0.15, 0.2) is 0 Å². The molecule has 0 aliphatic rings. The van der Waals surface area contributed by atoms with E-state index in [1.807, 2.05) is 20.8 Å². The average molecular weight is 305 g/mol. The van der Waals surface area contributed by atoms with E-state index in [1.54, 1.807) is 6.07 Å². The highest BCUT2D eigenvalue weighted by molar-refractivity contribution is 5.39. The lowest BCUT2D eigenvalue weighted by molar-refractivity contribution is -0.139. The Bertz CT molecular complexity index is 453. The van der Waals surface area contributed by atoms with Crippen molar-refractivity contribution in [2.45, 2.75) is 45.5 Å². The number of hydrogen-bond donors (Lipinski definition) is 2. The standard InChI is InChI=1S/C15H22F3NO2/c1-14(2,3)19-10-11-5-6-13(21-8-4-7-20)12(9-11)15(16,17)18/h5-6,9,19-20H,4,7-8,10H2,1-3H3. The molecule has 0 saturated heterocycles. The van der Waals surface area contributed by atoms with Crippen molar-refractivity contribution in [1.29, 1.82) is 0 Å². The summed E-state index contributed by atoms with van der Waals surface area (Å²) in [5.41, 5.74) is -0.408. The van der Waals surface area contributed by atoms with Gasteiger partial charge in [-0.2, -0.15) is 13.2 Å². The van der Waals surface area contributed by atoms with Gasteiger partial charge in [0.25, 0.3) is 0 Å². The van der Waals surface area contributed by atoms with Crippen LogP contribution in [0.4, 0.5) is 13.2 Å². The fourth-order valence-corrected chi connectivity index (χ4v) is 1.65. The summed E-state index contributed by atoms with van der Waals surface area (Å²) in [6, 6.07) is 4.05. The van der Waals surface area contributed by atoms with Gasteiger partial charge in [0.05, 0.1) is 12.2 Å². The Morgan fingerprint density at radius 1 is 1.19 bits per heavy atom.